The molecule has 0 amide bonds. The van der Waals surface area contributed by atoms with E-state index in [9.17, 15) is 9.59 Å². The van der Waals surface area contributed by atoms with E-state index >= 15 is 0 Å². The summed E-state index contributed by atoms with van der Waals surface area (Å²) in [5.41, 5.74) is 3.28. The average molecular weight is 324 g/mol. The minimum Gasteiger partial charge on any atom is -0.426 e. The molecule has 0 spiro atoms. The molecule has 0 aliphatic carbocycles. The van der Waals surface area contributed by atoms with E-state index in [1.807, 2.05) is 43.3 Å². The lowest BCUT2D eigenvalue weighted by Gasteiger charge is -2.16. The lowest BCUT2D eigenvalue weighted by molar-refractivity contribution is -0.133. The number of hydrogen-bond acceptors (Lipinski definition) is 4. The predicted molar refractivity (Wildman–Crippen MR) is 93.0 cm³/mol. The number of carbonyl (C=O) groups excluding carboxylic acids is 2. The highest BCUT2D eigenvalue weighted by Crippen LogP contribution is 2.36. The molecule has 0 aliphatic heterocycles. The zero-order chi connectivity index (χ0) is 17.7. The summed E-state index contributed by atoms with van der Waals surface area (Å²) >= 11 is 0. The monoisotopic (exact) mass is 324 g/mol. The molecule has 24 heavy (non-hydrogen) atoms. The van der Waals surface area contributed by atoms with E-state index in [0.717, 1.165) is 11.1 Å². The first kappa shape index (κ1) is 17.5. The number of rotatable bonds is 4. The van der Waals surface area contributed by atoms with Crippen LogP contribution in [0.5, 0.6) is 11.5 Å². The van der Waals surface area contributed by atoms with Crippen LogP contribution < -0.4 is 9.47 Å². The lowest BCUT2D eigenvalue weighted by atomic mass is 9.95. The number of aryl methyl sites for hydroxylation is 1. The fourth-order valence-electron chi connectivity index (χ4n) is 2.47. The Hall–Kier alpha value is -2.88. The van der Waals surface area contributed by atoms with E-state index in [1.54, 1.807) is 19.1 Å². The standard InChI is InChI=1S/C20H20O4/c1-5-17(16-9-7-6-8-10-16)18-12-19(23-14(3)21)13(2)11-20(18)24-15(4)22/h5-12H,1-4H3/b17-5+. The SMILES string of the molecule is C/C=C(\c1ccccc1)c1cc(OC(C)=O)c(C)cc1OC(C)=O. The Balaban J connectivity index is 2.63. The van der Waals surface area contributed by atoms with Crippen molar-refractivity contribution in [1.82, 2.24) is 0 Å². The van der Waals surface area contributed by atoms with Crippen LogP contribution in [0, 0.1) is 6.92 Å². The van der Waals surface area contributed by atoms with Crippen LogP contribution in [0.1, 0.15) is 37.5 Å². The Morgan fingerprint density at radius 2 is 1.50 bits per heavy atom. The number of hydrogen-bond donors (Lipinski definition) is 0. The van der Waals surface area contributed by atoms with E-state index in [0.29, 0.717) is 22.6 Å². The smallest absolute Gasteiger partial charge is 0.308 e. The van der Waals surface area contributed by atoms with Gasteiger partial charge in [-0.3, -0.25) is 9.59 Å². The first-order valence-corrected chi connectivity index (χ1v) is 7.66. The fraction of sp³-hybridized carbons (Fsp3) is 0.200. The van der Waals surface area contributed by atoms with Gasteiger partial charge in [0.15, 0.2) is 0 Å². The molecule has 0 atom stereocenters. The Bertz CT molecular complexity index is 789. The van der Waals surface area contributed by atoms with Gasteiger partial charge in [-0.2, -0.15) is 0 Å². The number of benzene rings is 2. The molecular weight excluding hydrogens is 304 g/mol. The van der Waals surface area contributed by atoms with Gasteiger partial charge in [0.05, 0.1) is 0 Å². The van der Waals surface area contributed by atoms with Crippen LogP contribution >= 0.6 is 0 Å². The van der Waals surface area contributed by atoms with E-state index in [4.69, 9.17) is 9.47 Å². The molecule has 0 N–H and O–H groups in total. The third-order valence-corrected chi connectivity index (χ3v) is 3.45. The molecule has 124 valence electrons. The molecule has 0 saturated heterocycles. The number of carbonyl (C=O) groups is 2. The van der Waals surface area contributed by atoms with E-state index < -0.39 is 11.9 Å². The van der Waals surface area contributed by atoms with Gasteiger partial charge in [0.25, 0.3) is 0 Å². The molecule has 0 aromatic heterocycles. The van der Waals surface area contributed by atoms with Crippen molar-refractivity contribution in [3.63, 3.8) is 0 Å². The Kier molecular flexibility index (Phi) is 5.53. The molecule has 0 heterocycles. The summed E-state index contributed by atoms with van der Waals surface area (Å²) in [4.78, 5) is 22.8. The second-order valence-electron chi connectivity index (χ2n) is 5.37. The summed E-state index contributed by atoms with van der Waals surface area (Å²) in [5, 5.41) is 0. The molecule has 0 saturated carbocycles. The zero-order valence-electron chi connectivity index (χ0n) is 14.3. The van der Waals surface area contributed by atoms with E-state index in [-0.39, 0.29) is 0 Å². The van der Waals surface area contributed by atoms with Crippen molar-refractivity contribution in [2.75, 3.05) is 0 Å². The first-order valence-electron chi connectivity index (χ1n) is 7.66. The van der Waals surface area contributed by atoms with Crippen molar-refractivity contribution in [1.29, 1.82) is 0 Å². The van der Waals surface area contributed by atoms with Crippen molar-refractivity contribution < 1.29 is 19.1 Å². The third kappa shape index (κ3) is 4.10. The summed E-state index contributed by atoms with van der Waals surface area (Å²) < 4.78 is 10.6. The summed E-state index contributed by atoms with van der Waals surface area (Å²) in [6.45, 7) is 6.42. The minimum absolute atomic E-state index is 0.397. The molecule has 2 aromatic rings. The maximum atomic E-state index is 11.5. The maximum absolute atomic E-state index is 11.5. The van der Waals surface area contributed by atoms with Crippen LogP contribution in [0.2, 0.25) is 0 Å². The molecule has 0 radical (unpaired) electrons. The highest BCUT2D eigenvalue weighted by molar-refractivity contribution is 5.85. The molecule has 0 aliphatic rings. The van der Waals surface area contributed by atoms with Crippen LogP contribution in [0.3, 0.4) is 0 Å². The van der Waals surface area contributed by atoms with Gasteiger partial charge in [0.2, 0.25) is 0 Å². The molecule has 4 heteroatoms. The summed E-state index contributed by atoms with van der Waals surface area (Å²) in [5.74, 6) is 0.0852. The summed E-state index contributed by atoms with van der Waals surface area (Å²) in [6, 6.07) is 13.2. The number of allylic oxidation sites excluding steroid dienone is 1. The second-order valence-corrected chi connectivity index (χ2v) is 5.37. The van der Waals surface area contributed by atoms with Crippen LogP contribution in [0.25, 0.3) is 5.57 Å². The zero-order valence-corrected chi connectivity index (χ0v) is 14.3. The molecule has 2 rings (SSSR count). The van der Waals surface area contributed by atoms with Crippen molar-refractivity contribution in [3.05, 3.63) is 65.2 Å². The highest BCUT2D eigenvalue weighted by atomic mass is 16.5. The van der Waals surface area contributed by atoms with Crippen molar-refractivity contribution in [2.24, 2.45) is 0 Å². The molecule has 2 aromatic carbocycles. The quantitative estimate of drug-likeness (QED) is 0.621. The Morgan fingerprint density at radius 3 is 2.04 bits per heavy atom. The van der Waals surface area contributed by atoms with Gasteiger partial charge in [-0.05, 0) is 42.7 Å². The Labute approximate surface area is 141 Å². The molecule has 4 nitrogen and oxygen atoms in total. The van der Waals surface area contributed by atoms with Gasteiger partial charge in [-0.1, -0.05) is 36.4 Å². The Morgan fingerprint density at radius 1 is 0.917 bits per heavy atom. The second kappa shape index (κ2) is 7.59. The van der Waals surface area contributed by atoms with Crippen LogP contribution in [0.4, 0.5) is 0 Å². The highest BCUT2D eigenvalue weighted by Gasteiger charge is 2.16. The normalized spacial score (nSPS) is 11.1. The molecular formula is C20H20O4. The van der Waals surface area contributed by atoms with Crippen molar-refractivity contribution >= 4 is 17.5 Å². The van der Waals surface area contributed by atoms with Gasteiger partial charge >= 0.3 is 11.9 Å². The number of ether oxygens (including phenoxy) is 2. The van der Waals surface area contributed by atoms with E-state index in [2.05, 4.69) is 0 Å². The average Bonchev–Trinajstić information content (AvgIpc) is 2.52. The van der Waals surface area contributed by atoms with Crippen molar-refractivity contribution in [3.8, 4) is 11.5 Å². The third-order valence-electron chi connectivity index (χ3n) is 3.45. The maximum Gasteiger partial charge on any atom is 0.308 e. The largest absolute Gasteiger partial charge is 0.426 e. The topological polar surface area (TPSA) is 52.6 Å². The fourth-order valence-corrected chi connectivity index (χ4v) is 2.47. The van der Waals surface area contributed by atoms with Crippen LogP contribution in [-0.2, 0) is 9.59 Å². The number of esters is 2. The van der Waals surface area contributed by atoms with Crippen LogP contribution in [0.15, 0.2) is 48.5 Å². The van der Waals surface area contributed by atoms with Gasteiger partial charge < -0.3 is 9.47 Å². The van der Waals surface area contributed by atoms with Crippen molar-refractivity contribution in [2.45, 2.75) is 27.7 Å². The van der Waals surface area contributed by atoms with E-state index in [1.165, 1.54) is 13.8 Å². The van der Waals surface area contributed by atoms with Gasteiger partial charge in [-0.15, -0.1) is 0 Å². The van der Waals surface area contributed by atoms with Gasteiger partial charge in [-0.25, -0.2) is 0 Å². The van der Waals surface area contributed by atoms with Gasteiger partial charge in [0, 0.05) is 19.4 Å². The summed E-state index contributed by atoms with van der Waals surface area (Å²) in [6.07, 6.45) is 1.94. The van der Waals surface area contributed by atoms with Gasteiger partial charge in [0.1, 0.15) is 11.5 Å². The predicted octanol–water partition coefficient (Wildman–Crippen LogP) is 4.30. The molecule has 0 bridgehead atoms. The summed E-state index contributed by atoms with van der Waals surface area (Å²) in [7, 11) is 0. The lowest BCUT2D eigenvalue weighted by Crippen LogP contribution is -2.07. The first-order chi connectivity index (χ1) is 11.4. The minimum atomic E-state index is -0.403. The molecule has 0 fully saturated rings. The van der Waals surface area contributed by atoms with Crippen LogP contribution in [-0.4, -0.2) is 11.9 Å². The molecule has 0 unspecified atom stereocenters.